The molecule has 0 rings (SSSR count). The number of esters is 1. The molecule has 0 saturated heterocycles. The molecule has 0 aromatic heterocycles. The first-order valence-corrected chi connectivity index (χ1v) is 23.9. The Morgan fingerprint density at radius 2 is 1.03 bits per heavy atom. The molecule has 0 radical (unpaired) electrons. The van der Waals surface area contributed by atoms with Gasteiger partial charge in [-0.25, -0.2) is 0 Å². The molecule has 1 amide bonds. The Balaban J connectivity index is 4.65. The van der Waals surface area contributed by atoms with Crippen LogP contribution in [0.2, 0.25) is 0 Å². The molecule has 0 aliphatic heterocycles. The molecule has 58 heavy (non-hydrogen) atoms. The van der Waals surface area contributed by atoms with E-state index in [0.717, 1.165) is 109 Å². The number of rotatable bonds is 41. The summed E-state index contributed by atoms with van der Waals surface area (Å²) in [6.07, 6.45) is 57.8. The van der Waals surface area contributed by atoms with Crippen LogP contribution in [0.15, 0.2) is 85.1 Å². The van der Waals surface area contributed by atoms with E-state index in [1.54, 1.807) is 0 Å². The van der Waals surface area contributed by atoms with Gasteiger partial charge < -0.3 is 20.3 Å². The first-order chi connectivity index (χ1) is 28.5. The molecule has 332 valence electrons. The van der Waals surface area contributed by atoms with Gasteiger partial charge in [0.05, 0.1) is 25.2 Å². The van der Waals surface area contributed by atoms with Crippen LogP contribution in [0.4, 0.5) is 0 Å². The quantitative estimate of drug-likeness (QED) is 0.0247. The van der Waals surface area contributed by atoms with Crippen LogP contribution >= 0.6 is 0 Å². The molecule has 0 heterocycles. The number of hydrogen-bond acceptors (Lipinski definition) is 5. The average Bonchev–Trinajstić information content (AvgIpc) is 3.22. The number of nitrogens with one attached hydrogen (secondary N) is 1. The molecule has 0 bridgehead atoms. The highest BCUT2D eigenvalue weighted by Gasteiger charge is 2.24. The Kier molecular flexibility index (Phi) is 42.8. The van der Waals surface area contributed by atoms with E-state index in [0.29, 0.717) is 19.3 Å². The highest BCUT2D eigenvalue weighted by atomic mass is 16.5. The second-order valence-electron chi connectivity index (χ2n) is 15.9. The van der Waals surface area contributed by atoms with Gasteiger partial charge in [-0.05, 0) is 70.6 Å². The van der Waals surface area contributed by atoms with Crippen LogP contribution in [0, 0.1) is 0 Å². The fraction of sp³-hybridized carbons (Fsp3) is 0.692. The zero-order valence-electron chi connectivity index (χ0n) is 37.6. The lowest BCUT2D eigenvalue weighted by Gasteiger charge is -2.24. The lowest BCUT2D eigenvalue weighted by molar-refractivity contribution is -0.151. The predicted molar refractivity (Wildman–Crippen MR) is 250 cm³/mol. The van der Waals surface area contributed by atoms with Crippen LogP contribution in [0.5, 0.6) is 0 Å². The Bertz CT molecular complexity index is 1130. The van der Waals surface area contributed by atoms with Gasteiger partial charge in [0.15, 0.2) is 0 Å². The molecule has 0 aliphatic rings. The number of amides is 1. The Morgan fingerprint density at radius 1 is 0.534 bits per heavy atom. The molecular weight excluding hydrogens is 719 g/mol. The summed E-state index contributed by atoms with van der Waals surface area (Å²) in [5.74, 6) is -0.526. The summed E-state index contributed by atoms with van der Waals surface area (Å²) in [5, 5.41) is 23.6. The minimum atomic E-state index is -0.798. The molecule has 3 N–H and O–H groups in total. The van der Waals surface area contributed by atoms with E-state index < -0.39 is 18.2 Å². The smallest absolute Gasteiger partial charge is 0.306 e. The average molecular weight is 808 g/mol. The van der Waals surface area contributed by atoms with Gasteiger partial charge in [-0.3, -0.25) is 9.59 Å². The van der Waals surface area contributed by atoms with Crippen LogP contribution < -0.4 is 5.32 Å². The first kappa shape index (κ1) is 55.0. The summed E-state index contributed by atoms with van der Waals surface area (Å²) in [4.78, 5) is 26.0. The summed E-state index contributed by atoms with van der Waals surface area (Å²) in [6, 6.07) is -0.714. The number of hydrogen-bond donors (Lipinski definition) is 3. The molecule has 3 unspecified atom stereocenters. The normalized spacial score (nSPS) is 14.1. The predicted octanol–water partition coefficient (Wildman–Crippen LogP) is 14.0. The molecule has 0 aromatic rings. The van der Waals surface area contributed by atoms with Crippen molar-refractivity contribution >= 4 is 11.9 Å². The monoisotopic (exact) mass is 808 g/mol. The highest BCUT2D eigenvalue weighted by molar-refractivity contribution is 5.77. The van der Waals surface area contributed by atoms with Gasteiger partial charge in [-0.2, -0.15) is 0 Å². The van der Waals surface area contributed by atoms with Crippen molar-refractivity contribution in [2.75, 3.05) is 6.61 Å². The van der Waals surface area contributed by atoms with E-state index in [1.807, 2.05) is 24.3 Å². The Morgan fingerprint density at radius 3 is 1.62 bits per heavy atom. The molecule has 0 aromatic carbocycles. The van der Waals surface area contributed by atoms with Crippen LogP contribution in [0.3, 0.4) is 0 Å². The summed E-state index contributed by atoms with van der Waals surface area (Å²) < 4.78 is 5.90. The number of carbonyl (C=O) groups excluding carboxylic acids is 2. The van der Waals surface area contributed by atoms with Crippen molar-refractivity contribution in [3.05, 3.63) is 85.1 Å². The van der Waals surface area contributed by atoms with Crippen LogP contribution in [0.1, 0.15) is 207 Å². The lowest BCUT2D eigenvalue weighted by Crippen LogP contribution is -2.46. The zero-order chi connectivity index (χ0) is 42.4. The van der Waals surface area contributed by atoms with Gasteiger partial charge in [-0.1, -0.05) is 209 Å². The van der Waals surface area contributed by atoms with Crippen LogP contribution in [0.25, 0.3) is 0 Å². The third-order valence-electron chi connectivity index (χ3n) is 10.3. The third-order valence-corrected chi connectivity index (χ3v) is 10.3. The largest absolute Gasteiger partial charge is 0.462 e. The maximum absolute atomic E-state index is 13.1. The van der Waals surface area contributed by atoms with Crippen molar-refractivity contribution < 1.29 is 24.5 Å². The van der Waals surface area contributed by atoms with Crippen molar-refractivity contribution in [3.8, 4) is 0 Å². The van der Waals surface area contributed by atoms with Gasteiger partial charge in [0, 0.05) is 6.42 Å². The zero-order valence-corrected chi connectivity index (χ0v) is 37.6. The number of allylic oxidation sites excluding steroid dienone is 14. The maximum Gasteiger partial charge on any atom is 0.306 e. The van der Waals surface area contributed by atoms with Gasteiger partial charge in [0.1, 0.15) is 6.10 Å². The van der Waals surface area contributed by atoms with Gasteiger partial charge >= 0.3 is 5.97 Å². The van der Waals surface area contributed by atoms with Crippen molar-refractivity contribution in [1.29, 1.82) is 0 Å². The number of aliphatic hydroxyl groups is 2. The van der Waals surface area contributed by atoms with E-state index >= 15 is 0 Å². The molecule has 0 fully saturated rings. The summed E-state index contributed by atoms with van der Waals surface area (Å²) in [6.45, 7) is 6.24. The molecule has 0 spiro atoms. The molecule has 0 saturated carbocycles. The molecule has 0 aliphatic carbocycles. The number of unbranched alkanes of at least 4 members (excludes halogenated alkanes) is 19. The standard InChI is InChI=1S/C52H89NO5/c1-4-7-10-13-16-19-21-23-24-25-26-27-28-30-33-36-39-42-45-52(57)58-48(43-40-37-34-32-29-22-20-17-14-11-8-5-2)46-51(56)53-49(47-54)50(55)44-41-38-35-31-18-15-12-9-6-3/h8,10-11,13,16-17,19-21,23-27,48-50,54-55H,4-7,9,12,14-15,18,22,28-47H2,1-3H3,(H,53,56)/b11-8+,13-10+,19-16+,20-17+,23-21+,25-24+,27-26+. The Hall–Kier alpha value is -2.96. The fourth-order valence-electron chi connectivity index (χ4n) is 6.73. The molecular formula is C52H89NO5. The minimum absolute atomic E-state index is 0.0526. The van der Waals surface area contributed by atoms with Gasteiger partial charge in [0.2, 0.25) is 5.91 Å². The summed E-state index contributed by atoms with van der Waals surface area (Å²) in [7, 11) is 0. The highest BCUT2D eigenvalue weighted by Crippen LogP contribution is 2.17. The number of carbonyl (C=O) groups is 2. The first-order valence-electron chi connectivity index (χ1n) is 23.9. The second kappa shape index (κ2) is 45.1. The molecule has 3 atom stereocenters. The third kappa shape index (κ3) is 39.8. The fourth-order valence-corrected chi connectivity index (χ4v) is 6.73. The van der Waals surface area contributed by atoms with Crippen LogP contribution in [-0.4, -0.2) is 46.9 Å². The Labute approximate surface area is 357 Å². The van der Waals surface area contributed by atoms with Crippen LogP contribution in [-0.2, 0) is 14.3 Å². The van der Waals surface area contributed by atoms with Crippen molar-refractivity contribution in [3.63, 3.8) is 0 Å². The topological polar surface area (TPSA) is 95.9 Å². The van der Waals surface area contributed by atoms with E-state index in [1.165, 1.54) is 51.4 Å². The number of ether oxygens (including phenoxy) is 1. The van der Waals surface area contributed by atoms with E-state index in [2.05, 4.69) is 86.8 Å². The lowest BCUT2D eigenvalue weighted by atomic mass is 10.0. The van der Waals surface area contributed by atoms with Gasteiger partial charge in [-0.15, -0.1) is 0 Å². The second-order valence-corrected chi connectivity index (χ2v) is 15.9. The summed E-state index contributed by atoms with van der Waals surface area (Å²) >= 11 is 0. The number of aliphatic hydroxyl groups excluding tert-OH is 2. The SMILES string of the molecule is CC/C=C/C/C=C/CCCCCCCC(CC(=O)NC(CO)C(O)CCCCCCCCCCC)OC(=O)CCCCCCC/C=C/C=C/C=C/C=C/C=C/CCC. The van der Waals surface area contributed by atoms with Crippen molar-refractivity contribution in [2.45, 2.75) is 225 Å². The van der Waals surface area contributed by atoms with E-state index in [4.69, 9.17) is 4.74 Å². The molecule has 6 heteroatoms. The maximum atomic E-state index is 13.1. The van der Waals surface area contributed by atoms with Gasteiger partial charge in [0.25, 0.3) is 0 Å². The van der Waals surface area contributed by atoms with Crippen molar-refractivity contribution in [1.82, 2.24) is 5.32 Å². The van der Waals surface area contributed by atoms with Crippen molar-refractivity contribution in [2.24, 2.45) is 0 Å². The minimum Gasteiger partial charge on any atom is -0.462 e. The summed E-state index contributed by atoms with van der Waals surface area (Å²) in [5.41, 5.74) is 0. The van der Waals surface area contributed by atoms with E-state index in [-0.39, 0.29) is 24.9 Å². The van der Waals surface area contributed by atoms with E-state index in [9.17, 15) is 19.8 Å². The molecule has 6 nitrogen and oxygen atoms in total.